The molecule has 0 aromatic heterocycles. The molecular formula is C10H12N2. The second-order valence-corrected chi connectivity index (χ2v) is 2.68. The molecule has 0 bridgehead atoms. The summed E-state index contributed by atoms with van der Waals surface area (Å²) in [4.78, 5) is 0. The third-order valence-corrected chi connectivity index (χ3v) is 1.51. The van der Waals surface area contributed by atoms with Crippen LogP contribution in [0, 0.1) is 0 Å². The number of rotatable bonds is 1. The van der Waals surface area contributed by atoms with Crippen LogP contribution in [-0.4, -0.2) is 0 Å². The van der Waals surface area contributed by atoms with Crippen LogP contribution in [0.5, 0.6) is 0 Å². The van der Waals surface area contributed by atoms with E-state index in [1.807, 2.05) is 12.1 Å². The van der Waals surface area contributed by atoms with Gasteiger partial charge in [-0.05, 0) is 28.6 Å². The van der Waals surface area contributed by atoms with Crippen molar-refractivity contribution in [3.05, 3.63) is 40.9 Å². The summed E-state index contributed by atoms with van der Waals surface area (Å²) in [6.07, 6.45) is 1.77. The molecule has 1 rings (SSSR count). The van der Waals surface area contributed by atoms with Crippen LogP contribution in [0.25, 0.3) is 12.7 Å². The van der Waals surface area contributed by atoms with Gasteiger partial charge in [-0.25, -0.2) is 0 Å². The van der Waals surface area contributed by atoms with Crippen LogP contribution in [0.15, 0.2) is 30.5 Å². The van der Waals surface area contributed by atoms with E-state index in [1.54, 1.807) is 12.1 Å². The number of benzene rings is 1. The second-order valence-electron chi connectivity index (χ2n) is 2.68. The van der Waals surface area contributed by atoms with E-state index in [2.05, 4.69) is 13.2 Å². The van der Waals surface area contributed by atoms with Crippen LogP contribution in [0.3, 0.4) is 0 Å². The Kier molecular flexibility index (Phi) is 2.19. The highest BCUT2D eigenvalue weighted by Crippen LogP contribution is 1.89. The highest BCUT2D eigenvalue weighted by molar-refractivity contribution is 5.47. The molecule has 0 atom stereocenters. The van der Waals surface area contributed by atoms with Crippen molar-refractivity contribution in [2.45, 2.75) is 0 Å². The normalized spacial score (nSPS) is 11.5. The van der Waals surface area contributed by atoms with E-state index < -0.39 is 0 Å². The zero-order valence-corrected chi connectivity index (χ0v) is 6.88. The lowest BCUT2D eigenvalue weighted by atomic mass is 10.2. The summed E-state index contributed by atoms with van der Waals surface area (Å²) in [6.45, 7) is 7.40. The first kappa shape index (κ1) is 8.40. The average Bonchev–Trinajstić information content (AvgIpc) is 1.94. The van der Waals surface area contributed by atoms with E-state index >= 15 is 0 Å². The summed E-state index contributed by atoms with van der Waals surface area (Å²) in [5.41, 5.74) is 12.2. The highest BCUT2D eigenvalue weighted by Gasteiger charge is 1.85. The van der Waals surface area contributed by atoms with E-state index in [1.165, 1.54) is 0 Å². The molecule has 0 spiro atoms. The third-order valence-electron chi connectivity index (χ3n) is 1.51. The van der Waals surface area contributed by atoms with Gasteiger partial charge in [0.2, 0.25) is 0 Å². The average molecular weight is 160 g/mol. The zero-order chi connectivity index (χ0) is 9.14. The molecule has 0 fully saturated rings. The molecule has 0 heterocycles. The van der Waals surface area contributed by atoms with Gasteiger partial charge in [-0.3, -0.25) is 0 Å². The maximum Gasteiger partial charge on any atom is 0.0320 e. The Hall–Kier alpha value is -1.70. The number of nitrogen functional groups attached to an aromatic ring is 1. The molecule has 1 aromatic rings. The Bertz CT molecular complexity index is 404. The van der Waals surface area contributed by atoms with Gasteiger partial charge in [0, 0.05) is 11.4 Å². The van der Waals surface area contributed by atoms with Gasteiger partial charge < -0.3 is 11.5 Å². The van der Waals surface area contributed by atoms with Crippen molar-refractivity contribution in [3.63, 3.8) is 0 Å². The topological polar surface area (TPSA) is 52.0 Å². The number of hydrogen-bond acceptors (Lipinski definition) is 2. The van der Waals surface area contributed by atoms with Crippen LogP contribution in [0.1, 0.15) is 0 Å². The molecule has 2 nitrogen and oxygen atoms in total. The molecule has 0 saturated carbocycles. The van der Waals surface area contributed by atoms with Gasteiger partial charge in [0.25, 0.3) is 0 Å². The summed E-state index contributed by atoms with van der Waals surface area (Å²) in [5, 5.41) is 1.82. The van der Waals surface area contributed by atoms with Gasteiger partial charge in [0.15, 0.2) is 0 Å². The Balaban J connectivity index is 3.38. The molecule has 2 heteroatoms. The monoisotopic (exact) mass is 160 g/mol. The lowest BCUT2D eigenvalue weighted by molar-refractivity contribution is 1.46. The summed E-state index contributed by atoms with van der Waals surface area (Å²) in [7, 11) is 0. The standard InChI is InChI=1S/C10H12N2/c1-7-5-10(12)4-3-9(7)6-8(2)11/h3-6H,1-2,11-12H2/b9-6-. The van der Waals surface area contributed by atoms with Crippen molar-refractivity contribution in [1.82, 2.24) is 0 Å². The van der Waals surface area contributed by atoms with Crippen molar-refractivity contribution < 1.29 is 0 Å². The zero-order valence-electron chi connectivity index (χ0n) is 6.88. The molecule has 62 valence electrons. The number of anilines is 1. The summed E-state index contributed by atoms with van der Waals surface area (Å²) in [5.74, 6) is 0. The van der Waals surface area contributed by atoms with Gasteiger partial charge in [-0.15, -0.1) is 0 Å². The molecule has 0 unspecified atom stereocenters. The Labute approximate surface area is 71.5 Å². The number of nitrogens with two attached hydrogens (primary N) is 2. The van der Waals surface area contributed by atoms with Crippen molar-refractivity contribution >= 4 is 18.3 Å². The summed E-state index contributed by atoms with van der Waals surface area (Å²) >= 11 is 0. The van der Waals surface area contributed by atoms with Crippen molar-refractivity contribution in [1.29, 1.82) is 0 Å². The molecule has 0 aliphatic rings. The van der Waals surface area contributed by atoms with Crippen molar-refractivity contribution in [3.8, 4) is 0 Å². The molecular weight excluding hydrogens is 148 g/mol. The molecule has 0 amide bonds. The molecule has 1 aromatic carbocycles. The largest absolute Gasteiger partial charge is 0.399 e. The fourth-order valence-electron chi connectivity index (χ4n) is 0.966. The fourth-order valence-corrected chi connectivity index (χ4v) is 0.966. The maximum absolute atomic E-state index is 5.55. The van der Waals surface area contributed by atoms with E-state index in [0.29, 0.717) is 11.4 Å². The quantitative estimate of drug-likeness (QED) is 0.565. The highest BCUT2D eigenvalue weighted by atomic mass is 14.5. The van der Waals surface area contributed by atoms with E-state index in [0.717, 1.165) is 10.4 Å². The number of hydrogen-bond donors (Lipinski definition) is 2. The van der Waals surface area contributed by atoms with Crippen LogP contribution in [0.2, 0.25) is 0 Å². The van der Waals surface area contributed by atoms with Crippen LogP contribution >= 0.6 is 0 Å². The minimum atomic E-state index is 0.518. The fraction of sp³-hybridized carbons (Fsp3) is 0. The summed E-state index contributed by atoms with van der Waals surface area (Å²) in [6, 6.07) is 5.48. The van der Waals surface area contributed by atoms with Crippen molar-refractivity contribution in [2.24, 2.45) is 5.73 Å². The number of allylic oxidation sites excluding steroid dienone is 1. The van der Waals surface area contributed by atoms with Gasteiger partial charge in [0.1, 0.15) is 0 Å². The summed E-state index contributed by atoms with van der Waals surface area (Å²) < 4.78 is 0. The molecule has 4 N–H and O–H groups in total. The van der Waals surface area contributed by atoms with Gasteiger partial charge >= 0.3 is 0 Å². The lowest BCUT2D eigenvalue weighted by Crippen LogP contribution is -2.23. The maximum atomic E-state index is 5.55. The molecule has 0 radical (unpaired) electrons. The third kappa shape index (κ3) is 1.89. The van der Waals surface area contributed by atoms with E-state index in [4.69, 9.17) is 11.5 Å². The van der Waals surface area contributed by atoms with Gasteiger partial charge in [-0.1, -0.05) is 19.2 Å². The Morgan fingerprint density at radius 1 is 1.42 bits per heavy atom. The van der Waals surface area contributed by atoms with Crippen molar-refractivity contribution in [2.75, 3.05) is 5.73 Å². The predicted octanol–water partition coefficient (Wildman–Crippen LogP) is -0.0680. The molecule has 0 saturated heterocycles. The minimum Gasteiger partial charge on any atom is -0.399 e. The second kappa shape index (κ2) is 3.13. The SMILES string of the molecule is C=C(N)/C=c1/ccc(N)cc1=C. The first-order chi connectivity index (χ1) is 5.59. The molecule has 0 aliphatic heterocycles. The van der Waals surface area contributed by atoms with Gasteiger partial charge in [-0.2, -0.15) is 0 Å². The smallest absolute Gasteiger partial charge is 0.0320 e. The first-order valence-corrected chi connectivity index (χ1v) is 3.60. The van der Waals surface area contributed by atoms with E-state index in [-0.39, 0.29) is 0 Å². The van der Waals surface area contributed by atoms with Crippen LogP contribution in [0.4, 0.5) is 5.69 Å². The Morgan fingerprint density at radius 2 is 2.08 bits per heavy atom. The van der Waals surface area contributed by atoms with Crippen LogP contribution < -0.4 is 21.9 Å². The van der Waals surface area contributed by atoms with E-state index in [9.17, 15) is 0 Å². The Morgan fingerprint density at radius 3 is 2.58 bits per heavy atom. The van der Waals surface area contributed by atoms with Gasteiger partial charge in [0.05, 0.1) is 0 Å². The van der Waals surface area contributed by atoms with Crippen LogP contribution in [-0.2, 0) is 0 Å². The first-order valence-electron chi connectivity index (χ1n) is 3.60. The molecule has 12 heavy (non-hydrogen) atoms. The predicted molar refractivity (Wildman–Crippen MR) is 53.4 cm³/mol. The molecule has 0 aliphatic carbocycles. The minimum absolute atomic E-state index is 0.518. The lowest BCUT2D eigenvalue weighted by Gasteiger charge is -1.93.